The van der Waals surface area contributed by atoms with Crippen molar-refractivity contribution in [1.82, 2.24) is 15.6 Å². The second kappa shape index (κ2) is 7.56. The number of nitrogens with zero attached hydrogens (tertiary/aromatic N) is 1. The molecule has 0 spiro atoms. The Morgan fingerprint density at radius 2 is 2.50 bits per heavy atom. The normalized spacial score (nSPS) is 18.3. The fraction of sp³-hybridized carbons (Fsp3) is 0.500. The van der Waals surface area contributed by atoms with Crippen LogP contribution in [-0.4, -0.2) is 30.5 Å². The van der Waals surface area contributed by atoms with Crippen molar-refractivity contribution in [3.05, 3.63) is 29.7 Å². The van der Waals surface area contributed by atoms with Crippen LogP contribution in [0, 0.1) is 5.92 Å². The van der Waals surface area contributed by atoms with Gasteiger partial charge in [0.15, 0.2) is 0 Å². The van der Waals surface area contributed by atoms with Crippen molar-refractivity contribution in [3.8, 4) is 10.6 Å². The maximum atomic E-state index is 12.0. The van der Waals surface area contributed by atoms with Gasteiger partial charge in [-0.3, -0.25) is 4.79 Å². The molecule has 0 radical (unpaired) electrons. The fourth-order valence-electron chi connectivity index (χ4n) is 2.72. The van der Waals surface area contributed by atoms with Gasteiger partial charge >= 0.3 is 0 Å². The molecule has 2 N–H and O–H groups in total. The van der Waals surface area contributed by atoms with E-state index in [1.165, 1.54) is 24.2 Å². The van der Waals surface area contributed by atoms with E-state index in [1.54, 1.807) is 12.5 Å². The van der Waals surface area contributed by atoms with Gasteiger partial charge in [-0.2, -0.15) is 0 Å². The molecule has 0 aliphatic carbocycles. The molecule has 1 saturated heterocycles. The van der Waals surface area contributed by atoms with Crippen LogP contribution in [0.25, 0.3) is 10.6 Å². The lowest BCUT2D eigenvalue weighted by Gasteiger charge is -2.22. The van der Waals surface area contributed by atoms with Gasteiger partial charge in [0.1, 0.15) is 11.3 Å². The third-order valence-corrected chi connectivity index (χ3v) is 4.88. The molecule has 1 amide bonds. The average Bonchev–Trinajstić information content (AvgIpc) is 3.19. The van der Waals surface area contributed by atoms with Crippen molar-refractivity contribution in [3.63, 3.8) is 0 Å². The molecule has 118 valence electrons. The third kappa shape index (κ3) is 4.18. The molecule has 6 heteroatoms. The van der Waals surface area contributed by atoms with E-state index >= 15 is 0 Å². The molecule has 2 aromatic heterocycles. The number of hydrogen-bond acceptors (Lipinski definition) is 5. The largest absolute Gasteiger partial charge is 0.472 e. The summed E-state index contributed by atoms with van der Waals surface area (Å²) in [6.45, 7) is 2.96. The second-order valence-electron chi connectivity index (χ2n) is 5.68. The maximum Gasteiger partial charge on any atom is 0.226 e. The van der Waals surface area contributed by atoms with E-state index in [9.17, 15) is 4.79 Å². The van der Waals surface area contributed by atoms with Gasteiger partial charge in [0, 0.05) is 17.5 Å². The maximum absolute atomic E-state index is 12.0. The highest BCUT2D eigenvalue weighted by Crippen LogP contribution is 2.24. The zero-order valence-electron chi connectivity index (χ0n) is 12.5. The molecule has 3 rings (SSSR count). The van der Waals surface area contributed by atoms with Crippen molar-refractivity contribution in [2.45, 2.75) is 25.7 Å². The molecule has 1 fully saturated rings. The Morgan fingerprint density at radius 1 is 1.55 bits per heavy atom. The summed E-state index contributed by atoms with van der Waals surface area (Å²) in [5, 5.41) is 9.23. The minimum absolute atomic E-state index is 0.0489. The summed E-state index contributed by atoms with van der Waals surface area (Å²) in [6.07, 6.45) is 7.20. The first-order chi connectivity index (χ1) is 10.8. The van der Waals surface area contributed by atoms with Gasteiger partial charge in [-0.15, -0.1) is 11.3 Å². The second-order valence-corrected chi connectivity index (χ2v) is 6.54. The van der Waals surface area contributed by atoms with E-state index in [1.807, 2.05) is 11.4 Å². The highest BCUT2D eigenvalue weighted by atomic mass is 32.1. The standard InChI is InChI=1S/C16H21N3O2S/c20-15(18-6-3-12-2-1-5-17-9-12)8-14-11-22-16(19-14)13-4-7-21-10-13/h4,7,10-12,17H,1-3,5-6,8-9H2,(H,18,20). The van der Waals surface area contributed by atoms with Crippen LogP contribution < -0.4 is 10.6 Å². The molecule has 1 unspecified atom stereocenters. The molecular weight excluding hydrogens is 298 g/mol. The number of piperidine rings is 1. The number of carbonyl (C=O) groups excluding carboxylic acids is 1. The van der Waals surface area contributed by atoms with Crippen molar-refractivity contribution in [2.24, 2.45) is 5.92 Å². The topological polar surface area (TPSA) is 67.2 Å². The van der Waals surface area contributed by atoms with Gasteiger partial charge in [0.2, 0.25) is 5.91 Å². The third-order valence-electron chi connectivity index (χ3n) is 3.94. The molecular formula is C16H21N3O2S. The highest BCUT2D eigenvalue weighted by Gasteiger charge is 2.13. The molecule has 5 nitrogen and oxygen atoms in total. The summed E-state index contributed by atoms with van der Waals surface area (Å²) in [5.41, 5.74) is 1.78. The molecule has 0 saturated carbocycles. The van der Waals surface area contributed by atoms with Crippen molar-refractivity contribution in [2.75, 3.05) is 19.6 Å². The van der Waals surface area contributed by atoms with Crippen LogP contribution in [0.1, 0.15) is 25.0 Å². The molecule has 1 aliphatic heterocycles. The van der Waals surface area contributed by atoms with Crippen LogP contribution in [0.15, 0.2) is 28.4 Å². The summed E-state index contributed by atoms with van der Waals surface area (Å²) < 4.78 is 5.05. The summed E-state index contributed by atoms with van der Waals surface area (Å²) in [7, 11) is 0. The molecule has 2 aromatic rings. The Morgan fingerprint density at radius 3 is 3.27 bits per heavy atom. The van der Waals surface area contributed by atoms with E-state index in [2.05, 4.69) is 15.6 Å². The van der Waals surface area contributed by atoms with Gasteiger partial charge in [0.05, 0.1) is 18.4 Å². The Kier molecular flexibility index (Phi) is 5.24. The molecule has 22 heavy (non-hydrogen) atoms. The van der Waals surface area contributed by atoms with Crippen LogP contribution in [0.4, 0.5) is 0 Å². The monoisotopic (exact) mass is 319 g/mol. The number of hydrogen-bond donors (Lipinski definition) is 2. The zero-order chi connectivity index (χ0) is 15.2. The predicted octanol–water partition coefficient (Wildman–Crippen LogP) is 2.45. The number of aromatic nitrogens is 1. The summed E-state index contributed by atoms with van der Waals surface area (Å²) >= 11 is 1.54. The SMILES string of the molecule is O=C(Cc1csc(-c2ccoc2)n1)NCCC1CCCNC1. The van der Waals surface area contributed by atoms with Crippen molar-refractivity contribution < 1.29 is 9.21 Å². The van der Waals surface area contributed by atoms with Gasteiger partial charge < -0.3 is 15.1 Å². The van der Waals surface area contributed by atoms with Gasteiger partial charge in [-0.25, -0.2) is 4.98 Å². The summed E-state index contributed by atoms with van der Waals surface area (Å²) in [4.78, 5) is 16.4. The molecule has 0 bridgehead atoms. The number of carbonyl (C=O) groups is 1. The highest BCUT2D eigenvalue weighted by molar-refractivity contribution is 7.13. The molecule has 1 aliphatic rings. The predicted molar refractivity (Wildman–Crippen MR) is 86.7 cm³/mol. The Labute approximate surface area is 134 Å². The lowest BCUT2D eigenvalue weighted by atomic mass is 9.96. The van der Waals surface area contributed by atoms with Gasteiger partial charge in [0.25, 0.3) is 0 Å². The number of rotatable bonds is 6. The molecule has 1 atom stereocenters. The van der Waals surface area contributed by atoms with Crippen LogP contribution in [0.3, 0.4) is 0 Å². The number of nitrogens with one attached hydrogen (secondary N) is 2. The molecule has 3 heterocycles. The zero-order valence-corrected chi connectivity index (χ0v) is 13.3. The number of amides is 1. The van der Waals surface area contributed by atoms with Crippen LogP contribution in [0.5, 0.6) is 0 Å². The Balaban J connectivity index is 1.42. The first-order valence-corrected chi connectivity index (χ1v) is 8.63. The van der Waals surface area contributed by atoms with Crippen LogP contribution in [0.2, 0.25) is 0 Å². The van der Waals surface area contributed by atoms with E-state index in [0.717, 1.165) is 42.3 Å². The minimum Gasteiger partial charge on any atom is -0.472 e. The number of thiazole rings is 1. The lowest BCUT2D eigenvalue weighted by molar-refractivity contribution is -0.120. The Bertz CT molecular complexity index is 588. The Hall–Kier alpha value is -1.66. The quantitative estimate of drug-likeness (QED) is 0.858. The van der Waals surface area contributed by atoms with E-state index in [0.29, 0.717) is 12.3 Å². The van der Waals surface area contributed by atoms with E-state index in [4.69, 9.17) is 4.42 Å². The first-order valence-electron chi connectivity index (χ1n) is 7.75. The van der Waals surface area contributed by atoms with E-state index < -0.39 is 0 Å². The van der Waals surface area contributed by atoms with Gasteiger partial charge in [-0.05, 0) is 44.3 Å². The van der Waals surface area contributed by atoms with Crippen LogP contribution in [-0.2, 0) is 11.2 Å². The number of furan rings is 1. The smallest absolute Gasteiger partial charge is 0.226 e. The average molecular weight is 319 g/mol. The minimum atomic E-state index is 0.0489. The lowest BCUT2D eigenvalue weighted by Crippen LogP contribution is -2.33. The van der Waals surface area contributed by atoms with Crippen LogP contribution >= 0.6 is 11.3 Å². The van der Waals surface area contributed by atoms with Crippen molar-refractivity contribution >= 4 is 17.2 Å². The fourth-order valence-corrected chi connectivity index (χ4v) is 3.53. The summed E-state index contributed by atoms with van der Waals surface area (Å²) in [5.74, 6) is 0.744. The summed E-state index contributed by atoms with van der Waals surface area (Å²) in [6, 6.07) is 1.88. The molecule has 0 aromatic carbocycles. The first kappa shape index (κ1) is 15.2. The van der Waals surface area contributed by atoms with Gasteiger partial charge in [-0.1, -0.05) is 0 Å². The van der Waals surface area contributed by atoms with E-state index in [-0.39, 0.29) is 5.91 Å². The van der Waals surface area contributed by atoms with Crippen molar-refractivity contribution in [1.29, 1.82) is 0 Å².